The molecule has 168 valence electrons. The van der Waals surface area contributed by atoms with E-state index in [1.165, 1.54) is 0 Å². The van der Waals surface area contributed by atoms with Crippen LogP contribution in [0.4, 0.5) is 11.7 Å². The van der Waals surface area contributed by atoms with Gasteiger partial charge in [-0.25, -0.2) is 4.98 Å². The van der Waals surface area contributed by atoms with E-state index >= 15 is 0 Å². The highest BCUT2D eigenvalue weighted by molar-refractivity contribution is 5.93. The minimum atomic E-state index is -0.475. The Hall–Kier alpha value is -3.56. The molecule has 1 saturated heterocycles. The SMILES string of the molecule is COc1cc(Nc2ncc(-c3ccc(C(N)=O)cc3)o2)cc(OCCN2CCOCC2)c1. The second kappa shape index (κ2) is 10.2. The van der Waals surface area contributed by atoms with Crippen LogP contribution in [-0.2, 0) is 4.74 Å². The van der Waals surface area contributed by atoms with Crippen molar-refractivity contribution in [3.05, 3.63) is 54.2 Å². The van der Waals surface area contributed by atoms with Crippen molar-refractivity contribution in [2.24, 2.45) is 5.73 Å². The summed E-state index contributed by atoms with van der Waals surface area (Å²) in [6, 6.07) is 12.7. The van der Waals surface area contributed by atoms with Gasteiger partial charge in [0, 0.05) is 54.6 Å². The number of rotatable bonds is 9. The zero-order valence-corrected chi connectivity index (χ0v) is 17.9. The van der Waals surface area contributed by atoms with Crippen LogP contribution in [-0.4, -0.2) is 62.4 Å². The number of hydrogen-bond acceptors (Lipinski definition) is 8. The summed E-state index contributed by atoms with van der Waals surface area (Å²) >= 11 is 0. The summed E-state index contributed by atoms with van der Waals surface area (Å²) in [7, 11) is 1.61. The summed E-state index contributed by atoms with van der Waals surface area (Å²) in [5.74, 6) is 1.44. The van der Waals surface area contributed by atoms with Gasteiger partial charge in [-0.2, -0.15) is 0 Å². The maximum atomic E-state index is 11.2. The highest BCUT2D eigenvalue weighted by Gasteiger charge is 2.12. The number of benzene rings is 2. The molecule has 1 amide bonds. The Balaban J connectivity index is 1.41. The van der Waals surface area contributed by atoms with Crippen LogP contribution in [0.2, 0.25) is 0 Å². The second-order valence-corrected chi connectivity index (χ2v) is 7.30. The maximum absolute atomic E-state index is 11.2. The van der Waals surface area contributed by atoms with E-state index in [0.29, 0.717) is 35.4 Å². The van der Waals surface area contributed by atoms with Crippen LogP contribution in [0.1, 0.15) is 10.4 Å². The number of primary amides is 1. The molecule has 1 aliphatic rings. The molecular formula is C23H26N4O5. The third kappa shape index (κ3) is 5.57. The molecule has 3 aromatic rings. The zero-order chi connectivity index (χ0) is 22.3. The Morgan fingerprint density at radius 1 is 1.16 bits per heavy atom. The molecule has 0 aliphatic carbocycles. The molecule has 0 atom stereocenters. The summed E-state index contributed by atoms with van der Waals surface area (Å²) < 4.78 is 22.5. The van der Waals surface area contributed by atoms with Crippen LogP contribution in [0, 0.1) is 0 Å². The average Bonchev–Trinajstić information content (AvgIpc) is 3.28. The average molecular weight is 438 g/mol. The molecule has 32 heavy (non-hydrogen) atoms. The van der Waals surface area contributed by atoms with Gasteiger partial charge in [0.2, 0.25) is 5.91 Å². The molecular weight excluding hydrogens is 412 g/mol. The predicted molar refractivity (Wildman–Crippen MR) is 119 cm³/mol. The standard InChI is InChI=1S/C23H26N4O5/c1-29-19-12-18(13-20(14-19)31-11-8-27-6-9-30-10-7-27)26-23-25-15-21(32-23)16-2-4-17(5-3-16)22(24)28/h2-5,12-15H,6-11H2,1H3,(H2,24,28)(H,25,26). The van der Waals surface area contributed by atoms with Crippen molar-refractivity contribution in [2.45, 2.75) is 0 Å². The molecule has 9 nitrogen and oxygen atoms in total. The van der Waals surface area contributed by atoms with Gasteiger partial charge in [-0.15, -0.1) is 0 Å². The van der Waals surface area contributed by atoms with Gasteiger partial charge in [-0.1, -0.05) is 12.1 Å². The summed E-state index contributed by atoms with van der Waals surface area (Å²) in [5.41, 5.74) is 7.23. The van der Waals surface area contributed by atoms with Gasteiger partial charge < -0.3 is 29.7 Å². The third-order valence-electron chi connectivity index (χ3n) is 5.11. The number of ether oxygens (including phenoxy) is 3. The van der Waals surface area contributed by atoms with Crippen molar-refractivity contribution in [1.82, 2.24) is 9.88 Å². The summed E-state index contributed by atoms with van der Waals surface area (Å²) in [5, 5.41) is 3.14. The van der Waals surface area contributed by atoms with Gasteiger partial charge in [0.1, 0.15) is 18.1 Å². The van der Waals surface area contributed by atoms with E-state index in [9.17, 15) is 4.79 Å². The lowest BCUT2D eigenvalue weighted by Crippen LogP contribution is -2.38. The van der Waals surface area contributed by atoms with Gasteiger partial charge in [-0.3, -0.25) is 9.69 Å². The number of carbonyl (C=O) groups excluding carboxylic acids is 1. The van der Waals surface area contributed by atoms with Crippen molar-refractivity contribution in [2.75, 3.05) is 51.9 Å². The number of methoxy groups -OCH3 is 1. The van der Waals surface area contributed by atoms with Crippen LogP contribution in [0.15, 0.2) is 53.1 Å². The second-order valence-electron chi connectivity index (χ2n) is 7.30. The van der Waals surface area contributed by atoms with E-state index < -0.39 is 5.91 Å². The van der Waals surface area contributed by atoms with Crippen molar-refractivity contribution < 1.29 is 23.4 Å². The van der Waals surface area contributed by atoms with Crippen LogP contribution >= 0.6 is 0 Å². The highest BCUT2D eigenvalue weighted by Crippen LogP contribution is 2.30. The minimum Gasteiger partial charge on any atom is -0.497 e. The van der Waals surface area contributed by atoms with Gasteiger partial charge >= 0.3 is 0 Å². The lowest BCUT2D eigenvalue weighted by atomic mass is 10.1. The fourth-order valence-electron chi connectivity index (χ4n) is 3.35. The van der Waals surface area contributed by atoms with Crippen LogP contribution in [0.25, 0.3) is 11.3 Å². The lowest BCUT2D eigenvalue weighted by Gasteiger charge is -2.26. The first-order chi connectivity index (χ1) is 15.6. The number of carbonyl (C=O) groups is 1. The Kier molecular flexibility index (Phi) is 6.88. The number of anilines is 2. The quantitative estimate of drug-likeness (QED) is 0.525. The molecule has 0 saturated carbocycles. The maximum Gasteiger partial charge on any atom is 0.299 e. The van der Waals surface area contributed by atoms with E-state index in [1.807, 2.05) is 18.2 Å². The van der Waals surface area contributed by atoms with E-state index in [0.717, 1.165) is 44.1 Å². The molecule has 9 heteroatoms. The molecule has 1 aromatic heterocycles. The minimum absolute atomic E-state index is 0.325. The first kappa shape index (κ1) is 21.7. The summed E-state index contributed by atoms with van der Waals surface area (Å²) in [6.07, 6.45) is 1.61. The third-order valence-corrected chi connectivity index (χ3v) is 5.11. The molecule has 0 radical (unpaired) electrons. The summed E-state index contributed by atoms with van der Waals surface area (Å²) in [6.45, 7) is 4.78. The molecule has 2 heterocycles. The first-order valence-electron chi connectivity index (χ1n) is 10.4. The number of nitrogens with two attached hydrogens (primary N) is 1. The Morgan fingerprint density at radius 3 is 2.62 bits per heavy atom. The Labute approximate surface area is 186 Å². The van der Waals surface area contributed by atoms with Crippen LogP contribution in [0.5, 0.6) is 11.5 Å². The number of amides is 1. The monoisotopic (exact) mass is 438 g/mol. The lowest BCUT2D eigenvalue weighted by molar-refractivity contribution is 0.0322. The molecule has 1 fully saturated rings. The van der Waals surface area contributed by atoms with E-state index in [2.05, 4.69) is 15.2 Å². The number of aromatic nitrogens is 1. The topological polar surface area (TPSA) is 112 Å². The van der Waals surface area contributed by atoms with Crippen molar-refractivity contribution >= 4 is 17.6 Å². The number of oxazole rings is 1. The molecule has 0 spiro atoms. The molecule has 2 aromatic carbocycles. The molecule has 0 unspecified atom stereocenters. The van der Waals surface area contributed by atoms with Gasteiger partial charge in [0.05, 0.1) is 26.5 Å². The van der Waals surface area contributed by atoms with Crippen molar-refractivity contribution in [1.29, 1.82) is 0 Å². The van der Waals surface area contributed by atoms with E-state index in [4.69, 9.17) is 24.4 Å². The normalized spacial score (nSPS) is 14.2. The Morgan fingerprint density at radius 2 is 1.91 bits per heavy atom. The van der Waals surface area contributed by atoms with Crippen LogP contribution < -0.4 is 20.5 Å². The van der Waals surface area contributed by atoms with Gasteiger partial charge in [-0.05, 0) is 12.1 Å². The van der Waals surface area contributed by atoms with Crippen molar-refractivity contribution in [3.63, 3.8) is 0 Å². The first-order valence-corrected chi connectivity index (χ1v) is 10.4. The highest BCUT2D eigenvalue weighted by atomic mass is 16.5. The molecule has 3 N–H and O–H groups in total. The van der Waals surface area contributed by atoms with Gasteiger partial charge in [0.15, 0.2) is 5.76 Å². The Bertz CT molecular complexity index is 1040. The van der Waals surface area contributed by atoms with Crippen LogP contribution in [0.3, 0.4) is 0 Å². The molecule has 0 bridgehead atoms. The zero-order valence-electron chi connectivity index (χ0n) is 17.9. The van der Waals surface area contributed by atoms with Gasteiger partial charge in [0.25, 0.3) is 6.01 Å². The number of morpholine rings is 1. The predicted octanol–water partition coefficient (Wildman–Crippen LogP) is 2.90. The number of nitrogens with one attached hydrogen (secondary N) is 1. The molecule has 4 rings (SSSR count). The van der Waals surface area contributed by atoms with E-state index in [1.54, 1.807) is 37.6 Å². The van der Waals surface area contributed by atoms with E-state index in [-0.39, 0.29) is 0 Å². The smallest absolute Gasteiger partial charge is 0.299 e. The number of hydrogen-bond donors (Lipinski definition) is 2. The fraction of sp³-hybridized carbons (Fsp3) is 0.304. The number of nitrogens with zero attached hydrogens (tertiary/aromatic N) is 2. The fourth-order valence-corrected chi connectivity index (χ4v) is 3.35. The molecule has 1 aliphatic heterocycles. The largest absolute Gasteiger partial charge is 0.497 e. The summed E-state index contributed by atoms with van der Waals surface area (Å²) in [4.78, 5) is 17.8. The van der Waals surface area contributed by atoms with Crippen molar-refractivity contribution in [3.8, 4) is 22.8 Å².